The molecule has 4 heteroatoms. The largest absolute Gasteiger partial charge is 0.426 e. The number of ether oxygens (including phenoxy) is 2. The van der Waals surface area contributed by atoms with Gasteiger partial charge in [-0.25, -0.2) is 0 Å². The van der Waals surface area contributed by atoms with Crippen molar-refractivity contribution in [2.45, 2.75) is 156 Å². The Balaban J connectivity index is 1.84. The van der Waals surface area contributed by atoms with Gasteiger partial charge in [-0.15, -0.1) is 0 Å². The van der Waals surface area contributed by atoms with E-state index in [2.05, 4.69) is 13.8 Å². The number of aryl methyl sites for hydroxylation is 1. The maximum atomic E-state index is 12.7. The summed E-state index contributed by atoms with van der Waals surface area (Å²) in [6.07, 6.45) is 23.5. The van der Waals surface area contributed by atoms with Gasteiger partial charge < -0.3 is 9.47 Å². The molecule has 0 spiro atoms. The van der Waals surface area contributed by atoms with Crippen molar-refractivity contribution >= 4 is 22.7 Å². The number of esters is 2. The van der Waals surface area contributed by atoms with Gasteiger partial charge in [-0.05, 0) is 30.9 Å². The molecule has 0 aromatic heterocycles. The minimum absolute atomic E-state index is 0.182. The standard InChI is InChI=1S/C36H56O4/c1-4-7-9-11-13-15-17-19-21-27-34(37)39-33-29-30(6-3)36(32-26-24-23-25-31(32)33)40-35(38)28-22-20-18-16-14-12-10-8-5-2/h23-26,29H,4-22,27-28H2,1-3H3. The van der Waals surface area contributed by atoms with Crippen LogP contribution in [0.15, 0.2) is 30.3 Å². The summed E-state index contributed by atoms with van der Waals surface area (Å²) < 4.78 is 11.8. The van der Waals surface area contributed by atoms with Crippen LogP contribution in [0.5, 0.6) is 11.5 Å². The van der Waals surface area contributed by atoms with Gasteiger partial charge in [0.25, 0.3) is 0 Å². The SMILES string of the molecule is CCCCCCCCCCCC(=O)Oc1cc(CC)c(OC(=O)CCCCCCCCCCC)c2ccccc12. The number of fused-ring (bicyclic) bond motifs is 1. The highest BCUT2D eigenvalue weighted by Gasteiger charge is 2.18. The van der Waals surface area contributed by atoms with Crippen LogP contribution in [0, 0.1) is 0 Å². The Morgan fingerprint density at radius 3 is 1.45 bits per heavy atom. The van der Waals surface area contributed by atoms with Gasteiger partial charge in [-0.2, -0.15) is 0 Å². The van der Waals surface area contributed by atoms with E-state index in [1.54, 1.807) is 0 Å². The van der Waals surface area contributed by atoms with Crippen molar-refractivity contribution in [2.24, 2.45) is 0 Å². The molecular formula is C36H56O4. The minimum Gasteiger partial charge on any atom is -0.426 e. The summed E-state index contributed by atoms with van der Waals surface area (Å²) in [5.41, 5.74) is 0.894. The van der Waals surface area contributed by atoms with E-state index >= 15 is 0 Å². The average Bonchev–Trinajstić information content (AvgIpc) is 2.96. The van der Waals surface area contributed by atoms with Gasteiger partial charge in [-0.1, -0.05) is 148 Å². The van der Waals surface area contributed by atoms with E-state index in [1.807, 2.05) is 37.3 Å². The van der Waals surface area contributed by atoms with Crippen LogP contribution in [0.2, 0.25) is 0 Å². The molecule has 0 atom stereocenters. The van der Waals surface area contributed by atoms with Crippen molar-refractivity contribution in [3.05, 3.63) is 35.9 Å². The second-order valence-corrected chi connectivity index (χ2v) is 11.4. The van der Waals surface area contributed by atoms with Crippen molar-refractivity contribution in [1.29, 1.82) is 0 Å². The molecule has 0 radical (unpaired) electrons. The third-order valence-electron chi connectivity index (χ3n) is 7.82. The maximum Gasteiger partial charge on any atom is 0.311 e. The van der Waals surface area contributed by atoms with Crippen LogP contribution in [0.4, 0.5) is 0 Å². The summed E-state index contributed by atoms with van der Waals surface area (Å²) in [6, 6.07) is 9.64. The molecule has 0 bridgehead atoms. The fourth-order valence-corrected chi connectivity index (χ4v) is 5.34. The molecule has 2 aromatic rings. The van der Waals surface area contributed by atoms with Crippen LogP contribution in [0.1, 0.15) is 155 Å². The van der Waals surface area contributed by atoms with Crippen molar-refractivity contribution in [2.75, 3.05) is 0 Å². The van der Waals surface area contributed by atoms with Gasteiger partial charge in [0, 0.05) is 23.6 Å². The molecule has 0 aliphatic heterocycles. The molecule has 4 nitrogen and oxygen atoms in total. The van der Waals surface area contributed by atoms with E-state index in [1.165, 1.54) is 89.9 Å². The van der Waals surface area contributed by atoms with E-state index in [0.29, 0.717) is 30.8 Å². The molecule has 0 N–H and O–H groups in total. The topological polar surface area (TPSA) is 52.6 Å². The highest BCUT2D eigenvalue weighted by Crippen LogP contribution is 2.37. The second kappa shape index (κ2) is 21.4. The van der Waals surface area contributed by atoms with Crippen molar-refractivity contribution in [1.82, 2.24) is 0 Å². The van der Waals surface area contributed by atoms with Crippen LogP contribution in [0.25, 0.3) is 10.8 Å². The summed E-state index contributed by atoms with van der Waals surface area (Å²) in [6.45, 7) is 6.53. The zero-order valence-corrected chi connectivity index (χ0v) is 25.9. The van der Waals surface area contributed by atoms with Gasteiger partial charge >= 0.3 is 11.9 Å². The molecule has 0 heterocycles. The Bertz CT molecular complexity index is 980. The van der Waals surface area contributed by atoms with E-state index in [0.717, 1.165) is 42.0 Å². The number of unbranched alkanes of at least 4 members (excludes halogenated alkanes) is 16. The highest BCUT2D eigenvalue weighted by molar-refractivity contribution is 5.97. The number of hydrogen-bond acceptors (Lipinski definition) is 4. The molecule has 0 aliphatic rings. The molecular weight excluding hydrogens is 496 g/mol. The zero-order chi connectivity index (χ0) is 28.8. The fourth-order valence-electron chi connectivity index (χ4n) is 5.34. The van der Waals surface area contributed by atoms with Gasteiger partial charge in [0.05, 0.1) is 0 Å². The van der Waals surface area contributed by atoms with Gasteiger partial charge in [0.2, 0.25) is 0 Å². The zero-order valence-electron chi connectivity index (χ0n) is 25.9. The van der Waals surface area contributed by atoms with Gasteiger partial charge in [0.15, 0.2) is 0 Å². The Morgan fingerprint density at radius 1 is 0.550 bits per heavy atom. The lowest BCUT2D eigenvalue weighted by Gasteiger charge is -2.16. The maximum absolute atomic E-state index is 12.7. The molecule has 0 saturated heterocycles. The van der Waals surface area contributed by atoms with Crippen LogP contribution in [0.3, 0.4) is 0 Å². The molecule has 40 heavy (non-hydrogen) atoms. The first-order valence-electron chi connectivity index (χ1n) is 16.6. The third kappa shape index (κ3) is 13.3. The van der Waals surface area contributed by atoms with E-state index in [9.17, 15) is 9.59 Å². The Kier molecular flexibility index (Phi) is 18.1. The third-order valence-corrected chi connectivity index (χ3v) is 7.82. The Morgan fingerprint density at radius 2 is 0.975 bits per heavy atom. The number of carbonyl (C=O) groups is 2. The molecule has 0 aliphatic carbocycles. The molecule has 0 amide bonds. The minimum atomic E-state index is -0.190. The normalized spacial score (nSPS) is 11.2. The monoisotopic (exact) mass is 552 g/mol. The molecule has 2 aromatic carbocycles. The smallest absolute Gasteiger partial charge is 0.311 e. The van der Waals surface area contributed by atoms with Gasteiger partial charge in [-0.3, -0.25) is 9.59 Å². The second-order valence-electron chi connectivity index (χ2n) is 11.4. The Hall–Kier alpha value is -2.36. The molecule has 2 rings (SSSR count). The first-order chi connectivity index (χ1) is 19.6. The predicted octanol–water partition coefficient (Wildman–Crippen LogP) is 11.1. The number of carbonyl (C=O) groups excluding carboxylic acids is 2. The predicted molar refractivity (Wildman–Crippen MR) is 168 cm³/mol. The molecule has 0 fully saturated rings. The van der Waals surface area contributed by atoms with Crippen LogP contribution in [-0.2, 0) is 16.0 Å². The quantitative estimate of drug-likeness (QED) is 0.0781. The summed E-state index contributed by atoms with van der Waals surface area (Å²) in [5.74, 6) is 0.799. The first kappa shape index (κ1) is 33.8. The Labute approximate surface area is 244 Å². The van der Waals surface area contributed by atoms with E-state index in [-0.39, 0.29) is 11.9 Å². The average molecular weight is 553 g/mol. The van der Waals surface area contributed by atoms with Crippen molar-refractivity contribution < 1.29 is 19.1 Å². The van der Waals surface area contributed by atoms with Crippen molar-refractivity contribution in [3.63, 3.8) is 0 Å². The van der Waals surface area contributed by atoms with Crippen LogP contribution >= 0.6 is 0 Å². The summed E-state index contributed by atoms with van der Waals surface area (Å²) in [7, 11) is 0. The van der Waals surface area contributed by atoms with E-state index in [4.69, 9.17) is 9.47 Å². The number of rotatable bonds is 23. The number of hydrogen-bond donors (Lipinski definition) is 0. The molecule has 224 valence electrons. The van der Waals surface area contributed by atoms with Crippen LogP contribution < -0.4 is 9.47 Å². The fraction of sp³-hybridized carbons (Fsp3) is 0.667. The van der Waals surface area contributed by atoms with Crippen molar-refractivity contribution in [3.8, 4) is 11.5 Å². The lowest BCUT2D eigenvalue weighted by molar-refractivity contribution is -0.135. The summed E-state index contributed by atoms with van der Waals surface area (Å²) in [4.78, 5) is 25.4. The van der Waals surface area contributed by atoms with Gasteiger partial charge in [0.1, 0.15) is 11.5 Å². The summed E-state index contributed by atoms with van der Waals surface area (Å²) in [5, 5.41) is 1.64. The number of benzene rings is 2. The lowest BCUT2D eigenvalue weighted by atomic mass is 10.0. The van der Waals surface area contributed by atoms with E-state index < -0.39 is 0 Å². The lowest BCUT2D eigenvalue weighted by Crippen LogP contribution is -2.11. The first-order valence-corrected chi connectivity index (χ1v) is 16.6. The summed E-state index contributed by atoms with van der Waals surface area (Å²) >= 11 is 0. The molecule has 0 unspecified atom stereocenters. The highest BCUT2D eigenvalue weighted by atomic mass is 16.5. The van der Waals surface area contributed by atoms with Crippen LogP contribution in [-0.4, -0.2) is 11.9 Å². The molecule has 0 saturated carbocycles.